The fourth-order valence-electron chi connectivity index (χ4n) is 2.02. The monoisotopic (exact) mass is 332 g/mol. The van der Waals surface area contributed by atoms with Crippen LogP contribution in [0.2, 0.25) is 0 Å². The van der Waals surface area contributed by atoms with E-state index >= 15 is 0 Å². The van der Waals surface area contributed by atoms with Crippen LogP contribution in [-0.4, -0.2) is 43.9 Å². The van der Waals surface area contributed by atoms with Gasteiger partial charge in [-0.3, -0.25) is 0 Å². The number of hydrogen-bond acceptors (Lipinski definition) is 4. The molecule has 2 rings (SSSR count). The predicted molar refractivity (Wildman–Crippen MR) is 86.8 cm³/mol. The first-order valence-corrected chi connectivity index (χ1v) is 10.6. The molecule has 1 aliphatic heterocycles. The maximum absolute atomic E-state index is 10.4. The third-order valence-corrected chi connectivity index (χ3v) is 4.99. The summed E-state index contributed by atoms with van der Waals surface area (Å²) in [6.07, 6.45) is 9.12. The van der Waals surface area contributed by atoms with Crippen LogP contribution in [0.25, 0.3) is 0 Å². The second-order valence-electron chi connectivity index (χ2n) is 5.41. The molecule has 1 unspecified atom stereocenters. The van der Waals surface area contributed by atoms with Crippen LogP contribution in [0.15, 0.2) is 29.2 Å². The fraction of sp³-hybridized carbons (Fsp3) is 0.600. The molecular formula is C15H24O4S2. The fourth-order valence-corrected chi connectivity index (χ4v) is 3.49. The highest BCUT2D eigenvalue weighted by atomic mass is 32.2. The SMILES string of the molecule is C[S+](C)CC1CCCCO1.Cc1ccc(S(=O)(=O)[O-])cc1. The second-order valence-corrected chi connectivity index (χ2v) is 9.09. The van der Waals surface area contributed by atoms with Crippen molar-refractivity contribution in [2.24, 2.45) is 0 Å². The van der Waals surface area contributed by atoms with E-state index in [2.05, 4.69) is 12.5 Å². The van der Waals surface area contributed by atoms with Crippen molar-refractivity contribution >= 4 is 21.0 Å². The molecule has 0 spiro atoms. The molecule has 1 atom stereocenters. The van der Waals surface area contributed by atoms with E-state index in [9.17, 15) is 13.0 Å². The van der Waals surface area contributed by atoms with Gasteiger partial charge in [0.05, 0.1) is 17.4 Å². The summed E-state index contributed by atoms with van der Waals surface area (Å²) in [6.45, 7) is 2.82. The summed E-state index contributed by atoms with van der Waals surface area (Å²) in [6, 6.07) is 5.78. The Bertz CT molecular complexity index is 503. The third kappa shape index (κ3) is 7.85. The first kappa shape index (κ1) is 18.5. The minimum Gasteiger partial charge on any atom is -0.744 e. The number of aryl methyl sites for hydroxylation is 1. The molecule has 21 heavy (non-hydrogen) atoms. The third-order valence-electron chi connectivity index (χ3n) is 3.10. The Morgan fingerprint density at radius 2 is 1.86 bits per heavy atom. The molecule has 0 aromatic heterocycles. The normalized spacial score (nSPS) is 19.0. The van der Waals surface area contributed by atoms with Crippen LogP contribution < -0.4 is 0 Å². The largest absolute Gasteiger partial charge is 0.744 e. The molecule has 1 aromatic rings. The lowest BCUT2D eigenvalue weighted by molar-refractivity contribution is 0.0312. The van der Waals surface area contributed by atoms with E-state index in [1.54, 1.807) is 12.1 Å². The maximum Gasteiger partial charge on any atom is 0.133 e. The highest BCUT2D eigenvalue weighted by Crippen LogP contribution is 2.13. The van der Waals surface area contributed by atoms with Crippen molar-refractivity contribution in [2.45, 2.75) is 37.2 Å². The van der Waals surface area contributed by atoms with Crippen LogP contribution in [0.1, 0.15) is 24.8 Å². The van der Waals surface area contributed by atoms with Crippen molar-refractivity contribution in [3.8, 4) is 0 Å². The molecule has 0 aliphatic carbocycles. The van der Waals surface area contributed by atoms with Crippen LogP contribution in [-0.2, 0) is 25.7 Å². The van der Waals surface area contributed by atoms with Gasteiger partial charge in [0.2, 0.25) is 0 Å². The molecule has 0 radical (unpaired) electrons. The zero-order chi connectivity index (χ0) is 15.9. The standard InChI is InChI=1S/C8H17OS.C7H8O3S/c1-10(2)7-8-5-3-4-6-9-8;1-6-2-4-7(5-3-6)11(8,9)10/h8H,3-7H2,1-2H3;2-5H,1H3,(H,8,9,10)/q+1;/p-1. The van der Waals surface area contributed by atoms with E-state index in [4.69, 9.17) is 4.74 Å². The Labute approximate surface area is 131 Å². The first-order valence-electron chi connectivity index (χ1n) is 6.97. The number of benzene rings is 1. The number of rotatable bonds is 3. The highest BCUT2D eigenvalue weighted by Gasteiger charge is 2.19. The molecule has 0 amide bonds. The van der Waals surface area contributed by atoms with Gasteiger partial charge in [-0.1, -0.05) is 17.7 Å². The number of ether oxygens (including phenoxy) is 1. The molecule has 4 nitrogen and oxygen atoms in total. The second kappa shape index (κ2) is 8.78. The van der Waals surface area contributed by atoms with Crippen LogP contribution in [0.3, 0.4) is 0 Å². The smallest absolute Gasteiger partial charge is 0.133 e. The molecule has 0 N–H and O–H groups in total. The highest BCUT2D eigenvalue weighted by molar-refractivity contribution is 7.95. The average molecular weight is 332 g/mol. The summed E-state index contributed by atoms with van der Waals surface area (Å²) in [7, 11) is -3.71. The van der Waals surface area contributed by atoms with E-state index < -0.39 is 10.1 Å². The molecule has 120 valence electrons. The molecule has 1 aromatic carbocycles. The van der Waals surface area contributed by atoms with Gasteiger partial charge < -0.3 is 9.29 Å². The minimum absolute atomic E-state index is 0.178. The van der Waals surface area contributed by atoms with Gasteiger partial charge in [0.25, 0.3) is 0 Å². The topological polar surface area (TPSA) is 66.4 Å². The maximum atomic E-state index is 10.4. The van der Waals surface area contributed by atoms with Crippen LogP contribution in [0.4, 0.5) is 0 Å². The summed E-state index contributed by atoms with van der Waals surface area (Å²) in [4.78, 5) is -0.178. The summed E-state index contributed by atoms with van der Waals surface area (Å²) in [5, 5.41) is 0. The predicted octanol–water partition coefficient (Wildman–Crippen LogP) is 2.33. The first-order chi connectivity index (χ1) is 9.79. The van der Waals surface area contributed by atoms with Crippen molar-refractivity contribution in [2.75, 3.05) is 24.9 Å². The van der Waals surface area contributed by atoms with Gasteiger partial charge in [-0.15, -0.1) is 0 Å². The van der Waals surface area contributed by atoms with Crippen LogP contribution in [0, 0.1) is 6.92 Å². The molecule has 6 heteroatoms. The molecular weight excluding hydrogens is 308 g/mol. The van der Waals surface area contributed by atoms with Crippen molar-refractivity contribution < 1.29 is 17.7 Å². The molecule has 1 heterocycles. The van der Waals surface area contributed by atoms with Gasteiger partial charge in [0, 0.05) is 6.61 Å². The van der Waals surface area contributed by atoms with E-state index in [0.29, 0.717) is 17.0 Å². The number of hydrogen-bond donors (Lipinski definition) is 0. The summed E-state index contributed by atoms with van der Waals surface area (Å²) in [5.74, 6) is 1.28. The van der Waals surface area contributed by atoms with E-state index in [1.165, 1.54) is 37.1 Å². The Morgan fingerprint density at radius 3 is 2.29 bits per heavy atom. The molecule has 0 bridgehead atoms. The van der Waals surface area contributed by atoms with Crippen molar-refractivity contribution in [1.82, 2.24) is 0 Å². The summed E-state index contributed by atoms with van der Waals surface area (Å²) < 4.78 is 36.8. The van der Waals surface area contributed by atoms with Crippen molar-refractivity contribution in [1.29, 1.82) is 0 Å². The molecule has 1 saturated heterocycles. The lowest BCUT2D eigenvalue weighted by Crippen LogP contribution is -2.26. The van der Waals surface area contributed by atoms with E-state index in [-0.39, 0.29) is 4.90 Å². The zero-order valence-electron chi connectivity index (χ0n) is 12.9. The van der Waals surface area contributed by atoms with Gasteiger partial charge in [0.15, 0.2) is 0 Å². The Morgan fingerprint density at radius 1 is 1.24 bits per heavy atom. The minimum atomic E-state index is -4.27. The lowest BCUT2D eigenvalue weighted by Gasteiger charge is -2.20. The van der Waals surface area contributed by atoms with Crippen molar-refractivity contribution in [3.63, 3.8) is 0 Å². The van der Waals surface area contributed by atoms with Gasteiger partial charge in [-0.05, 0) is 49.2 Å². The zero-order valence-corrected chi connectivity index (χ0v) is 14.5. The summed E-state index contributed by atoms with van der Waals surface area (Å²) in [5.41, 5.74) is 0.928. The van der Waals surface area contributed by atoms with E-state index in [1.807, 2.05) is 6.92 Å². The Hall–Kier alpha value is -0.560. The molecule has 1 aliphatic rings. The van der Waals surface area contributed by atoms with Gasteiger partial charge in [-0.25, -0.2) is 8.42 Å². The van der Waals surface area contributed by atoms with Crippen LogP contribution >= 0.6 is 0 Å². The Balaban J connectivity index is 0.000000211. The van der Waals surface area contributed by atoms with E-state index in [0.717, 1.165) is 12.2 Å². The average Bonchev–Trinajstić information content (AvgIpc) is 2.39. The van der Waals surface area contributed by atoms with Gasteiger partial charge in [-0.2, -0.15) is 0 Å². The molecule has 1 fully saturated rings. The van der Waals surface area contributed by atoms with Crippen molar-refractivity contribution in [3.05, 3.63) is 29.8 Å². The lowest BCUT2D eigenvalue weighted by atomic mass is 10.1. The van der Waals surface area contributed by atoms with Crippen LogP contribution in [0.5, 0.6) is 0 Å². The van der Waals surface area contributed by atoms with Gasteiger partial charge in [0.1, 0.15) is 22.0 Å². The molecule has 0 saturated carbocycles. The Kier molecular flexibility index (Phi) is 7.73. The summed E-state index contributed by atoms with van der Waals surface area (Å²) >= 11 is 0. The van der Waals surface area contributed by atoms with Gasteiger partial charge >= 0.3 is 0 Å². The quantitative estimate of drug-likeness (QED) is 0.629.